The number of benzene rings is 2. The molecule has 0 unspecified atom stereocenters. The molecule has 1 fully saturated rings. The highest BCUT2D eigenvalue weighted by Gasteiger charge is 2.34. The molecular weight excluding hydrogens is 380 g/mol. The Morgan fingerprint density at radius 3 is 2.67 bits per heavy atom. The van der Waals surface area contributed by atoms with E-state index in [1.807, 2.05) is 48.5 Å². The second kappa shape index (κ2) is 7.51. The minimum Gasteiger partial charge on any atom is -0.436 e. The van der Waals surface area contributed by atoms with Gasteiger partial charge in [-0.2, -0.15) is 0 Å². The summed E-state index contributed by atoms with van der Waals surface area (Å²) in [4.78, 5) is 34.5. The summed E-state index contributed by atoms with van der Waals surface area (Å²) in [5.41, 5.74) is 3.53. The molecule has 1 aliphatic rings. The van der Waals surface area contributed by atoms with E-state index in [2.05, 4.69) is 15.3 Å². The lowest BCUT2D eigenvalue weighted by atomic mass is 10.1. The van der Waals surface area contributed by atoms with Gasteiger partial charge in [0.2, 0.25) is 11.8 Å². The van der Waals surface area contributed by atoms with E-state index >= 15 is 0 Å². The molecule has 2 N–H and O–H groups in total. The Balaban J connectivity index is 1.29. The van der Waals surface area contributed by atoms with Crippen molar-refractivity contribution in [2.45, 2.75) is 18.9 Å². The average molecular weight is 400 g/mol. The molecule has 0 bridgehead atoms. The fraction of sp³-hybridized carbons (Fsp3) is 0.174. The Bertz CT molecular complexity index is 1160. The van der Waals surface area contributed by atoms with Crippen LogP contribution in [0.5, 0.6) is 0 Å². The van der Waals surface area contributed by atoms with Crippen molar-refractivity contribution in [1.82, 2.24) is 14.9 Å². The molecule has 7 heteroatoms. The lowest BCUT2D eigenvalue weighted by Gasteiger charge is -2.23. The van der Waals surface area contributed by atoms with Crippen LogP contribution in [-0.4, -0.2) is 39.3 Å². The van der Waals surface area contributed by atoms with Crippen LogP contribution in [0, 0.1) is 0 Å². The molecule has 0 radical (unpaired) electrons. The van der Waals surface area contributed by atoms with Crippen LogP contribution in [0.4, 0.5) is 5.69 Å². The number of H-pyrrole nitrogens is 1. The molecule has 5 rings (SSSR count). The van der Waals surface area contributed by atoms with E-state index in [9.17, 15) is 9.59 Å². The number of oxazole rings is 1. The molecule has 2 amide bonds. The molecular formula is C23H20N4O3. The van der Waals surface area contributed by atoms with Crippen molar-refractivity contribution in [2.24, 2.45) is 0 Å². The van der Waals surface area contributed by atoms with Crippen molar-refractivity contribution < 1.29 is 14.0 Å². The lowest BCUT2D eigenvalue weighted by Crippen LogP contribution is -2.43. The van der Waals surface area contributed by atoms with Gasteiger partial charge in [0.05, 0.1) is 0 Å². The minimum atomic E-state index is -0.475. The van der Waals surface area contributed by atoms with Crippen LogP contribution in [0.2, 0.25) is 0 Å². The van der Waals surface area contributed by atoms with Gasteiger partial charge in [0, 0.05) is 24.0 Å². The number of nitrogens with zero attached hydrogens (tertiary/aromatic N) is 2. The smallest absolute Gasteiger partial charge is 0.270 e. The maximum atomic E-state index is 12.8. The Hall–Kier alpha value is -3.87. The van der Waals surface area contributed by atoms with Gasteiger partial charge in [0.25, 0.3) is 5.91 Å². The second-order valence-corrected chi connectivity index (χ2v) is 7.29. The quantitative estimate of drug-likeness (QED) is 0.540. The molecule has 1 aliphatic heterocycles. The Kier molecular flexibility index (Phi) is 4.55. The molecule has 0 saturated carbocycles. The number of hydrogen-bond acceptors (Lipinski definition) is 4. The van der Waals surface area contributed by atoms with E-state index in [1.165, 1.54) is 0 Å². The fourth-order valence-electron chi connectivity index (χ4n) is 3.82. The number of carbonyl (C=O) groups is 2. The van der Waals surface area contributed by atoms with Gasteiger partial charge in [-0.05, 0) is 61.4 Å². The van der Waals surface area contributed by atoms with Crippen LogP contribution in [0.3, 0.4) is 0 Å². The van der Waals surface area contributed by atoms with Crippen molar-refractivity contribution in [3.05, 3.63) is 72.6 Å². The van der Waals surface area contributed by atoms with E-state index in [4.69, 9.17) is 4.42 Å². The van der Waals surface area contributed by atoms with Crippen LogP contribution in [0.25, 0.3) is 22.6 Å². The van der Waals surface area contributed by atoms with Gasteiger partial charge >= 0.3 is 0 Å². The van der Waals surface area contributed by atoms with E-state index in [0.717, 1.165) is 23.1 Å². The first kappa shape index (κ1) is 18.2. The fourth-order valence-corrected chi connectivity index (χ4v) is 3.82. The first-order chi connectivity index (χ1) is 14.7. The van der Waals surface area contributed by atoms with Gasteiger partial charge in [0.1, 0.15) is 17.3 Å². The van der Waals surface area contributed by atoms with Crippen molar-refractivity contribution in [2.75, 3.05) is 11.9 Å². The number of rotatable bonds is 4. The number of fused-ring (bicyclic) bond motifs is 1. The number of amides is 2. The van der Waals surface area contributed by atoms with Crippen LogP contribution < -0.4 is 5.32 Å². The Labute approximate surface area is 172 Å². The van der Waals surface area contributed by atoms with Gasteiger partial charge < -0.3 is 19.6 Å². The number of para-hydroxylation sites is 2. The first-order valence-corrected chi connectivity index (χ1v) is 9.90. The summed E-state index contributed by atoms with van der Waals surface area (Å²) >= 11 is 0. The number of aromatic nitrogens is 2. The van der Waals surface area contributed by atoms with E-state index in [-0.39, 0.29) is 11.8 Å². The third-order valence-electron chi connectivity index (χ3n) is 5.34. The maximum absolute atomic E-state index is 12.8. The summed E-state index contributed by atoms with van der Waals surface area (Å²) in [6.45, 7) is 0.576. The van der Waals surface area contributed by atoms with E-state index in [1.54, 1.807) is 23.2 Å². The zero-order chi connectivity index (χ0) is 20.5. The highest BCUT2D eigenvalue weighted by atomic mass is 16.3. The number of hydrogen-bond donors (Lipinski definition) is 2. The topological polar surface area (TPSA) is 91.2 Å². The van der Waals surface area contributed by atoms with Gasteiger partial charge in [0.15, 0.2) is 5.58 Å². The number of likely N-dealkylation sites (tertiary alicyclic amines) is 1. The third kappa shape index (κ3) is 3.34. The molecule has 30 heavy (non-hydrogen) atoms. The zero-order valence-corrected chi connectivity index (χ0v) is 16.2. The summed E-state index contributed by atoms with van der Waals surface area (Å²) in [5, 5.41) is 2.93. The molecule has 0 aliphatic carbocycles. The number of nitrogens with one attached hydrogen (secondary N) is 2. The predicted molar refractivity (Wildman–Crippen MR) is 113 cm³/mol. The molecule has 1 saturated heterocycles. The first-order valence-electron chi connectivity index (χ1n) is 9.90. The van der Waals surface area contributed by atoms with Crippen molar-refractivity contribution >= 4 is 28.6 Å². The van der Waals surface area contributed by atoms with Gasteiger partial charge in [-0.3, -0.25) is 9.59 Å². The average Bonchev–Trinajstić information content (AvgIpc) is 3.54. The minimum absolute atomic E-state index is 0.149. The number of aromatic amines is 1. The SMILES string of the molecule is O=C(Nc1ccc(-c2nc3ccccc3o2)cc1)[C@@H]1CCCN1C(=O)c1ccc[nH]1. The summed E-state index contributed by atoms with van der Waals surface area (Å²) in [5.74, 6) is 0.207. The second-order valence-electron chi connectivity index (χ2n) is 7.29. The Morgan fingerprint density at radius 1 is 1.07 bits per heavy atom. The van der Waals surface area contributed by atoms with Crippen LogP contribution in [0.1, 0.15) is 23.3 Å². The van der Waals surface area contributed by atoms with Crippen molar-refractivity contribution in [3.8, 4) is 11.5 Å². The molecule has 2 aromatic carbocycles. The monoisotopic (exact) mass is 400 g/mol. The lowest BCUT2D eigenvalue weighted by molar-refractivity contribution is -0.119. The van der Waals surface area contributed by atoms with Crippen LogP contribution >= 0.6 is 0 Å². The third-order valence-corrected chi connectivity index (χ3v) is 5.34. The predicted octanol–water partition coefficient (Wildman–Crippen LogP) is 4.07. The van der Waals surface area contributed by atoms with E-state index < -0.39 is 6.04 Å². The normalized spacial score (nSPS) is 16.1. The number of anilines is 1. The highest BCUT2D eigenvalue weighted by Crippen LogP contribution is 2.26. The molecule has 2 aromatic heterocycles. The summed E-state index contributed by atoms with van der Waals surface area (Å²) in [7, 11) is 0. The molecule has 0 spiro atoms. The standard InChI is InChI=1S/C23H20N4O3/c28-21(19-7-4-14-27(19)23(29)18-6-3-13-24-18)25-16-11-9-15(10-12-16)22-26-17-5-1-2-8-20(17)30-22/h1-3,5-6,8-13,19,24H,4,7,14H2,(H,25,28)/t19-/m0/s1. The van der Waals surface area contributed by atoms with Crippen molar-refractivity contribution in [3.63, 3.8) is 0 Å². The van der Waals surface area contributed by atoms with E-state index in [0.29, 0.717) is 30.2 Å². The molecule has 1 atom stereocenters. The van der Waals surface area contributed by atoms with Gasteiger partial charge in [-0.1, -0.05) is 12.1 Å². The van der Waals surface area contributed by atoms with Gasteiger partial charge in [-0.25, -0.2) is 4.98 Å². The van der Waals surface area contributed by atoms with Gasteiger partial charge in [-0.15, -0.1) is 0 Å². The molecule has 3 heterocycles. The summed E-state index contributed by atoms with van der Waals surface area (Å²) in [6, 6.07) is 18.0. The maximum Gasteiger partial charge on any atom is 0.270 e. The molecule has 4 aromatic rings. The summed E-state index contributed by atoms with van der Waals surface area (Å²) in [6.07, 6.45) is 3.16. The van der Waals surface area contributed by atoms with Crippen LogP contribution in [0.15, 0.2) is 71.3 Å². The molecule has 7 nitrogen and oxygen atoms in total. The molecule has 150 valence electrons. The highest BCUT2D eigenvalue weighted by molar-refractivity contribution is 6.01. The summed E-state index contributed by atoms with van der Waals surface area (Å²) < 4.78 is 5.79. The zero-order valence-electron chi connectivity index (χ0n) is 16.2. The van der Waals surface area contributed by atoms with Crippen molar-refractivity contribution in [1.29, 1.82) is 0 Å². The largest absolute Gasteiger partial charge is 0.436 e. The Morgan fingerprint density at radius 2 is 1.90 bits per heavy atom. The number of carbonyl (C=O) groups excluding carboxylic acids is 2. The van der Waals surface area contributed by atoms with Crippen LogP contribution in [-0.2, 0) is 4.79 Å².